The van der Waals surface area contributed by atoms with Crippen molar-refractivity contribution >= 4 is 34.4 Å². The van der Waals surface area contributed by atoms with Gasteiger partial charge >= 0.3 is 0 Å². The zero-order valence-corrected chi connectivity index (χ0v) is 13.6. The highest BCUT2D eigenvalue weighted by molar-refractivity contribution is 8.00. The Labute approximate surface area is 130 Å². The Hall–Kier alpha value is -1.24. The summed E-state index contributed by atoms with van der Waals surface area (Å²) in [6, 6.07) is 8.49. The number of thiazole rings is 1. The van der Waals surface area contributed by atoms with Crippen molar-refractivity contribution in [1.82, 2.24) is 15.2 Å². The summed E-state index contributed by atoms with van der Waals surface area (Å²) < 4.78 is 1.01. The molecule has 1 aromatic carbocycles. The largest absolute Gasteiger partial charge is 0.240 e. The average Bonchev–Trinajstić information content (AvgIpc) is 3.06. The molecule has 0 unspecified atom stereocenters. The SMILES string of the molecule is Cc1ccc(-c2nc(CSc3nnc(C)s3)cs2)cc1. The minimum absolute atomic E-state index is 0.844. The molecule has 0 aliphatic heterocycles. The van der Waals surface area contributed by atoms with E-state index in [0.29, 0.717) is 0 Å². The number of rotatable bonds is 4. The van der Waals surface area contributed by atoms with Crippen LogP contribution in [0.5, 0.6) is 0 Å². The molecule has 0 spiro atoms. The fourth-order valence-electron chi connectivity index (χ4n) is 1.67. The minimum Gasteiger partial charge on any atom is -0.240 e. The Morgan fingerprint density at radius 1 is 1.10 bits per heavy atom. The van der Waals surface area contributed by atoms with E-state index in [1.807, 2.05) is 6.92 Å². The van der Waals surface area contributed by atoms with E-state index in [1.165, 1.54) is 11.1 Å². The van der Waals surface area contributed by atoms with Crippen LogP contribution in [0, 0.1) is 13.8 Å². The quantitative estimate of drug-likeness (QED) is 0.660. The maximum atomic E-state index is 4.69. The number of aryl methyl sites for hydroxylation is 2. The summed E-state index contributed by atoms with van der Waals surface area (Å²) in [5.41, 5.74) is 3.56. The number of thioether (sulfide) groups is 1. The Morgan fingerprint density at radius 3 is 2.60 bits per heavy atom. The van der Waals surface area contributed by atoms with Crippen LogP contribution in [-0.4, -0.2) is 15.2 Å². The molecule has 3 aromatic rings. The zero-order chi connectivity index (χ0) is 13.9. The third kappa shape index (κ3) is 3.26. The molecule has 0 fully saturated rings. The van der Waals surface area contributed by atoms with Gasteiger partial charge in [-0.1, -0.05) is 52.9 Å². The van der Waals surface area contributed by atoms with Crippen molar-refractivity contribution in [3.8, 4) is 10.6 Å². The van der Waals surface area contributed by atoms with E-state index >= 15 is 0 Å². The number of hydrogen-bond donors (Lipinski definition) is 0. The van der Waals surface area contributed by atoms with Crippen molar-refractivity contribution in [1.29, 1.82) is 0 Å². The first-order chi connectivity index (χ1) is 9.70. The Kier molecular flexibility index (Phi) is 4.14. The van der Waals surface area contributed by atoms with Crippen LogP contribution in [0.25, 0.3) is 10.6 Å². The second-order valence-corrected chi connectivity index (χ2v) is 7.65. The lowest BCUT2D eigenvalue weighted by Gasteiger charge is -1.97. The van der Waals surface area contributed by atoms with Gasteiger partial charge in [0.2, 0.25) is 0 Å². The molecule has 0 saturated heterocycles. The van der Waals surface area contributed by atoms with Crippen LogP contribution in [0.1, 0.15) is 16.3 Å². The third-order valence-electron chi connectivity index (χ3n) is 2.70. The molecule has 6 heteroatoms. The second-order valence-electron chi connectivity index (χ2n) is 4.39. The number of benzene rings is 1. The maximum Gasteiger partial charge on any atom is 0.174 e. The van der Waals surface area contributed by atoms with E-state index in [4.69, 9.17) is 0 Å². The number of aromatic nitrogens is 3. The molecule has 0 aliphatic carbocycles. The van der Waals surface area contributed by atoms with Crippen LogP contribution in [0.3, 0.4) is 0 Å². The van der Waals surface area contributed by atoms with E-state index in [0.717, 1.165) is 25.8 Å². The lowest BCUT2D eigenvalue weighted by atomic mass is 10.2. The van der Waals surface area contributed by atoms with E-state index in [-0.39, 0.29) is 0 Å². The second kappa shape index (κ2) is 6.03. The van der Waals surface area contributed by atoms with Crippen molar-refractivity contribution in [3.05, 3.63) is 45.9 Å². The molecule has 2 aromatic heterocycles. The number of nitrogens with zero attached hydrogens (tertiary/aromatic N) is 3. The monoisotopic (exact) mass is 319 g/mol. The van der Waals surface area contributed by atoms with Gasteiger partial charge < -0.3 is 0 Å². The molecule has 0 aliphatic rings. The smallest absolute Gasteiger partial charge is 0.174 e. The molecule has 102 valence electrons. The topological polar surface area (TPSA) is 38.7 Å². The van der Waals surface area contributed by atoms with Crippen molar-refractivity contribution in [2.75, 3.05) is 0 Å². The van der Waals surface area contributed by atoms with E-state index in [1.54, 1.807) is 34.4 Å². The molecular weight excluding hydrogens is 306 g/mol. The normalized spacial score (nSPS) is 10.9. The molecule has 20 heavy (non-hydrogen) atoms. The van der Waals surface area contributed by atoms with Crippen molar-refractivity contribution < 1.29 is 0 Å². The highest BCUT2D eigenvalue weighted by Crippen LogP contribution is 2.29. The van der Waals surface area contributed by atoms with Crippen LogP contribution in [-0.2, 0) is 5.75 Å². The predicted octanol–water partition coefficient (Wildman–Crippen LogP) is 4.57. The van der Waals surface area contributed by atoms with Crippen molar-refractivity contribution in [2.45, 2.75) is 23.9 Å². The van der Waals surface area contributed by atoms with E-state index < -0.39 is 0 Å². The number of hydrogen-bond acceptors (Lipinski definition) is 6. The van der Waals surface area contributed by atoms with Gasteiger partial charge in [0.05, 0.1) is 5.69 Å². The van der Waals surface area contributed by atoms with Crippen LogP contribution >= 0.6 is 34.4 Å². The molecule has 0 bridgehead atoms. The van der Waals surface area contributed by atoms with Crippen molar-refractivity contribution in [2.24, 2.45) is 0 Å². The summed E-state index contributed by atoms with van der Waals surface area (Å²) >= 11 is 5.01. The van der Waals surface area contributed by atoms with Crippen molar-refractivity contribution in [3.63, 3.8) is 0 Å². The Bertz CT molecular complexity index is 701. The fourth-order valence-corrected chi connectivity index (χ4v) is 4.31. The summed E-state index contributed by atoms with van der Waals surface area (Å²) in [4.78, 5) is 4.69. The lowest BCUT2D eigenvalue weighted by molar-refractivity contribution is 0.983. The molecular formula is C14H13N3S3. The molecule has 0 atom stereocenters. The fraction of sp³-hybridized carbons (Fsp3) is 0.214. The third-order valence-corrected chi connectivity index (χ3v) is 5.65. The van der Waals surface area contributed by atoms with Gasteiger partial charge in [-0.2, -0.15) is 0 Å². The molecule has 0 N–H and O–H groups in total. The molecule has 3 rings (SSSR count). The summed E-state index contributed by atoms with van der Waals surface area (Å²) in [6.45, 7) is 4.07. The average molecular weight is 319 g/mol. The highest BCUT2D eigenvalue weighted by Gasteiger charge is 2.07. The predicted molar refractivity (Wildman–Crippen MR) is 86.5 cm³/mol. The van der Waals surface area contributed by atoms with Crippen LogP contribution in [0.4, 0.5) is 0 Å². The first kappa shape index (κ1) is 13.7. The van der Waals surface area contributed by atoms with Gasteiger partial charge in [0.25, 0.3) is 0 Å². The van der Waals surface area contributed by atoms with Gasteiger partial charge in [0.15, 0.2) is 4.34 Å². The molecule has 2 heterocycles. The van der Waals surface area contributed by atoms with Gasteiger partial charge in [0.1, 0.15) is 10.0 Å². The summed E-state index contributed by atoms with van der Waals surface area (Å²) in [5, 5.41) is 12.3. The molecule has 0 radical (unpaired) electrons. The molecule has 0 amide bonds. The van der Waals surface area contributed by atoms with Crippen LogP contribution in [0.15, 0.2) is 34.0 Å². The van der Waals surface area contributed by atoms with E-state index in [2.05, 4.69) is 51.8 Å². The van der Waals surface area contributed by atoms with Crippen LogP contribution < -0.4 is 0 Å². The van der Waals surface area contributed by atoms with E-state index in [9.17, 15) is 0 Å². The van der Waals surface area contributed by atoms with Gasteiger partial charge in [0, 0.05) is 16.7 Å². The van der Waals surface area contributed by atoms with Crippen LogP contribution in [0.2, 0.25) is 0 Å². The summed E-state index contributed by atoms with van der Waals surface area (Å²) in [7, 11) is 0. The summed E-state index contributed by atoms with van der Waals surface area (Å²) in [5.74, 6) is 0.844. The zero-order valence-electron chi connectivity index (χ0n) is 11.2. The lowest BCUT2D eigenvalue weighted by Crippen LogP contribution is -1.82. The Morgan fingerprint density at radius 2 is 1.90 bits per heavy atom. The minimum atomic E-state index is 0.844. The van der Waals surface area contributed by atoms with Gasteiger partial charge in [-0.15, -0.1) is 21.5 Å². The standard InChI is InChI=1S/C14H13N3S3/c1-9-3-5-11(6-4-9)13-15-12(7-18-13)8-19-14-17-16-10(2)20-14/h3-7H,8H2,1-2H3. The van der Waals surface area contributed by atoms with Gasteiger partial charge in [-0.25, -0.2) is 4.98 Å². The Balaban J connectivity index is 1.69. The maximum absolute atomic E-state index is 4.69. The molecule has 3 nitrogen and oxygen atoms in total. The van der Waals surface area contributed by atoms with Gasteiger partial charge in [-0.3, -0.25) is 0 Å². The van der Waals surface area contributed by atoms with Gasteiger partial charge in [-0.05, 0) is 13.8 Å². The molecule has 0 saturated carbocycles. The summed E-state index contributed by atoms with van der Waals surface area (Å²) in [6.07, 6.45) is 0. The first-order valence-electron chi connectivity index (χ1n) is 6.15. The first-order valence-corrected chi connectivity index (χ1v) is 8.83. The highest BCUT2D eigenvalue weighted by atomic mass is 32.2.